The van der Waals surface area contributed by atoms with Gasteiger partial charge in [-0.3, -0.25) is 4.79 Å². The molecule has 2 aromatic rings. The Morgan fingerprint density at radius 3 is 2.54 bits per heavy atom. The molecule has 0 unspecified atom stereocenters. The van der Waals surface area contributed by atoms with E-state index in [0.717, 1.165) is 43.4 Å². The van der Waals surface area contributed by atoms with Crippen LogP contribution in [-0.4, -0.2) is 23.0 Å². The smallest absolute Gasteiger partial charge is 0.220 e. The Morgan fingerprint density at radius 1 is 1.15 bits per heavy atom. The van der Waals surface area contributed by atoms with E-state index in [2.05, 4.69) is 10.3 Å². The van der Waals surface area contributed by atoms with Crippen LogP contribution in [0.25, 0.3) is 11.3 Å². The molecular weight excluding hydrogens is 373 g/mol. The van der Waals surface area contributed by atoms with Crippen molar-refractivity contribution in [1.82, 2.24) is 10.3 Å². The third-order valence-electron chi connectivity index (χ3n) is 4.54. The molecule has 1 aromatic carbocycles. The molecule has 0 saturated heterocycles. The molecule has 0 aliphatic heterocycles. The zero-order valence-electron chi connectivity index (χ0n) is 14.7. The highest BCUT2D eigenvalue weighted by Gasteiger charge is 2.19. The molecule has 5 nitrogen and oxygen atoms in total. The molecule has 1 heterocycles. The zero-order valence-corrected chi connectivity index (χ0v) is 16.4. The first-order chi connectivity index (χ1) is 11.7. The Balaban J connectivity index is 0.00000169. The van der Waals surface area contributed by atoms with E-state index in [9.17, 15) is 4.79 Å². The molecule has 3 rings (SSSR count). The molecule has 1 saturated carbocycles. The Kier molecular flexibility index (Phi) is 9.70. The van der Waals surface area contributed by atoms with Crippen molar-refractivity contribution >= 4 is 30.7 Å². The highest BCUT2D eigenvalue weighted by molar-refractivity contribution is 5.85. The average Bonchev–Trinajstić information content (AvgIpc) is 3.07. The molecule has 1 amide bonds. The largest absolute Gasteiger partial charge is 0.441 e. The molecule has 0 radical (unpaired) electrons. The van der Waals surface area contributed by atoms with Gasteiger partial charge in [0.15, 0.2) is 11.7 Å². The van der Waals surface area contributed by atoms with Crippen LogP contribution in [0.3, 0.4) is 0 Å². The Morgan fingerprint density at radius 2 is 1.85 bits per heavy atom. The summed E-state index contributed by atoms with van der Waals surface area (Å²) in [5.41, 5.74) is 6.90. The van der Waals surface area contributed by atoms with Crippen LogP contribution in [-0.2, 0) is 11.2 Å². The van der Waals surface area contributed by atoms with Crippen molar-refractivity contribution in [3.8, 4) is 11.3 Å². The van der Waals surface area contributed by atoms with Crippen molar-refractivity contribution in [2.45, 2.75) is 57.0 Å². The number of aryl methyl sites for hydroxylation is 1. The van der Waals surface area contributed by atoms with E-state index in [1.54, 1.807) is 6.20 Å². The quantitative estimate of drug-likeness (QED) is 0.771. The van der Waals surface area contributed by atoms with E-state index in [4.69, 9.17) is 10.2 Å². The van der Waals surface area contributed by atoms with E-state index in [1.165, 1.54) is 0 Å². The fraction of sp³-hybridized carbons (Fsp3) is 0.474. The lowest BCUT2D eigenvalue weighted by molar-refractivity contribution is -0.122. The summed E-state index contributed by atoms with van der Waals surface area (Å²) in [6.45, 7) is 0. The monoisotopic (exact) mass is 399 g/mol. The van der Waals surface area contributed by atoms with Gasteiger partial charge in [0.1, 0.15) is 0 Å². The molecule has 3 N–H and O–H groups in total. The molecule has 1 aromatic heterocycles. The van der Waals surface area contributed by atoms with Gasteiger partial charge in [0, 0.05) is 30.5 Å². The highest BCUT2D eigenvalue weighted by Crippen LogP contribution is 2.20. The molecule has 7 heteroatoms. The van der Waals surface area contributed by atoms with Gasteiger partial charge in [-0.15, -0.1) is 24.8 Å². The van der Waals surface area contributed by atoms with Crippen LogP contribution in [0.2, 0.25) is 0 Å². The summed E-state index contributed by atoms with van der Waals surface area (Å²) >= 11 is 0. The van der Waals surface area contributed by atoms with Crippen molar-refractivity contribution in [3.63, 3.8) is 0 Å². The van der Waals surface area contributed by atoms with Crippen LogP contribution in [0.1, 0.15) is 44.4 Å². The molecule has 144 valence electrons. The van der Waals surface area contributed by atoms with Gasteiger partial charge in [-0.25, -0.2) is 4.98 Å². The minimum absolute atomic E-state index is 0. The maximum absolute atomic E-state index is 12.0. The summed E-state index contributed by atoms with van der Waals surface area (Å²) in [6, 6.07) is 10.5. The number of nitrogens with zero attached hydrogens (tertiary/aromatic N) is 1. The topological polar surface area (TPSA) is 81.1 Å². The second kappa shape index (κ2) is 11.2. The zero-order chi connectivity index (χ0) is 16.8. The molecule has 0 spiro atoms. The number of aromatic nitrogens is 1. The van der Waals surface area contributed by atoms with Crippen molar-refractivity contribution in [3.05, 3.63) is 42.4 Å². The molecule has 26 heavy (non-hydrogen) atoms. The second-order valence-corrected chi connectivity index (χ2v) is 6.52. The predicted molar refractivity (Wildman–Crippen MR) is 108 cm³/mol. The van der Waals surface area contributed by atoms with E-state index >= 15 is 0 Å². The lowest BCUT2D eigenvalue weighted by Gasteiger charge is -2.26. The normalized spacial score (nSPS) is 19.1. The summed E-state index contributed by atoms with van der Waals surface area (Å²) in [4.78, 5) is 16.3. The third kappa shape index (κ3) is 6.63. The van der Waals surface area contributed by atoms with Gasteiger partial charge in [-0.2, -0.15) is 0 Å². The average molecular weight is 400 g/mol. The lowest BCUT2D eigenvalue weighted by Crippen LogP contribution is -2.40. The van der Waals surface area contributed by atoms with Gasteiger partial charge in [-0.05, 0) is 32.1 Å². The number of halogens is 2. The SMILES string of the molecule is Cl.Cl.NC1CCC(NC(=O)CCCc2ncc(-c3ccccc3)o2)CC1. The number of nitrogens with one attached hydrogen (secondary N) is 1. The molecule has 1 fully saturated rings. The first-order valence-corrected chi connectivity index (χ1v) is 8.76. The Labute approximate surface area is 167 Å². The third-order valence-corrected chi connectivity index (χ3v) is 4.54. The molecule has 1 aliphatic rings. The fourth-order valence-electron chi connectivity index (χ4n) is 3.13. The van der Waals surface area contributed by atoms with E-state index in [1.807, 2.05) is 30.3 Å². The number of hydrogen-bond donors (Lipinski definition) is 2. The van der Waals surface area contributed by atoms with Gasteiger partial charge >= 0.3 is 0 Å². The Bertz CT molecular complexity index is 656. The first kappa shape index (κ1) is 22.5. The summed E-state index contributed by atoms with van der Waals surface area (Å²) in [6.07, 6.45) is 7.66. The summed E-state index contributed by atoms with van der Waals surface area (Å²) < 4.78 is 5.76. The standard InChI is InChI=1S/C19H25N3O2.2ClH/c20-15-9-11-16(12-10-15)22-18(23)7-4-8-19-21-13-17(24-19)14-5-2-1-3-6-14;;/h1-3,5-6,13,15-16H,4,7-12,20H2,(H,22,23);2*1H. The minimum atomic E-state index is 0. The highest BCUT2D eigenvalue weighted by atomic mass is 35.5. The number of benzene rings is 1. The van der Waals surface area contributed by atoms with Crippen LogP contribution in [0.4, 0.5) is 0 Å². The van der Waals surface area contributed by atoms with Gasteiger partial charge in [0.05, 0.1) is 6.20 Å². The summed E-state index contributed by atoms with van der Waals surface area (Å²) in [7, 11) is 0. The van der Waals surface area contributed by atoms with Crippen molar-refractivity contribution in [1.29, 1.82) is 0 Å². The van der Waals surface area contributed by atoms with Gasteiger partial charge < -0.3 is 15.5 Å². The second-order valence-electron chi connectivity index (χ2n) is 6.52. The minimum Gasteiger partial charge on any atom is -0.441 e. The number of carbonyl (C=O) groups is 1. The first-order valence-electron chi connectivity index (χ1n) is 8.76. The van der Waals surface area contributed by atoms with Crippen molar-refractivity contribution in [2.24, 2.45) is 5.73 Å². The van der Waals surface area contributed by atoms with Crippen LogP contribution in [0.15, 0.2) is 40.9 Å². The summed E-state index contributed by atoms with van der Waals surface area (Å²) in [5, 5.41) is 3.11. The van der Waals surface area contributed by atoms with Crippen molar-refractivity contribution in [2.75, 3.05) is 0 Å². The summed E-state index contributed by atoms with van der Waals surface area (Å²) in [5.74, 6) is 1.57. The predicted octanol–water partition coefficient (Wildman–Crippen LogP) is 3.89. The van der Waals surface area contributed by atoms with Gasteiger partial charge in [-0.1, -0.05) is 30.3 Å². The number of oxazole rings is 1. The fourth-order valence-corrected chi connectivity index (χ4v) is 3.13. The molecule has 0 atom stereocenters. The van der Waals surface area contributed by atoms with Crippen molar-refractivity contribution < 1.29 is 9.21 Å². The van der Waals surface area contributed by atoms with E-state index in [-0.39, 0.29) is 30.7 Å². The van der Waals surface area contributed by atoms with Crippen LogP contribution in [0.5, 0.6) is 0 Å². The lowest BCUT2D eigenvalue weighted by atomic mass is 9.92. The van der Waals surface area contributed by atoms with E-state index < -0.39 is 0 Å². The number of hydrogen-bond acceptors (Lipinski definition) is 4. The van der Waals surface area contributed by atoms with E-state index in [0.29, 0.717) is 30.8 Å². The maximum atomic E-state index is 12.0. The van der Waals surface area contributed by atoms with Crippen LogP contribution in [0, 0.1) is 0 Å². The van der Waals surface area contributed by atoms with Crippen LogP contribution < -0.4 is 11.1 Å². The van der Waals surface area contributed by atoms with Crippen LogP contribution >= 0.6 is 24.8 Å². The maximum Gasteiger partial charge on any atom is 0.220 e. The number of rotatable bonds is 6. The molecular formula is C19H27Cl2N3O2. The van der Waals surface area contributed by atoms with Gasteiger partial charge in [0.2, 0.25) is 5.91 Å². The number of carbonyl (C=O) groups excluding carboxylic acids is 1. The number of nitrogens with two attached hydrogens (primary N) is 1. The van der Waals surface area contributed by atoms with Gasteiger partial charge in [0.25, 0.3) is 0 Å². The molecule has 0 bridgehead atoms. The Hall–Kier alpha value is -1.56. The molecule has 1 aliphatic carbocycles. The number of amides is 1.